The Morgan fingerprint density at radius 2 is 1.84 bits per heavy atom. The molecular weight excluding hydrogens is 392 g/mol. The number of rotatable bonds is 8. The molecule has 2 saturated heterocycles. The van der Waals surface area contributed by atoms with Crippen molar-refractivity contribution in [2.45, 2.75) is 46.1 Å². The number of likely N-dealkylation sites (tertiary alicyclic amines) is 1. The number of hydrogen-bond donors (Lipinski definition) is 1. The van der Waals surface area contributed by atoms with Crippen LogP contribution in [-0.2, 0) is 11.3 Å². The van der Waals surface area contributed by atoms with Gasteiger partial charge >= 0.3 is 0 Å². The molecule has 2 aliphatic rings. The molecule has 1 amide bonds. The molecule has 172 valence electrons. The van der Waals surface area contributed by atoms with Crippen LogP contribution in [0.5, 0.6) is 5.88 Å². The number of carbonyl (C=O) groups excluding carboxylic acids is 1. The smallest absolute Gasteiger partial charge is 0.236 e. The number of nitrogens with zero attached hydrogens (tertiary/aromatic N) is 5. The molecule has 2 fully saturated rings. The molecule has 0 aromatic carbocycles. The van der Waals surface area contributed by atoms with Crippen LogP contribution >= 0.6 is 0 Å². The maximum absolute atomic E-state index is 12.5. The van der Waals surface area contributed by atoms with Gasteiger partial charge in [-0.25, -0.2) is 9.98 Å². The van der Waals surface area contributed by atoms with Crippen molar-refractivity contribution in [3.8, 4) is 5.88 Å². The van der Waals surface area contributed by atoms with Crippen molar-refractivity contribution in [2.24, 2.45) is 4.99 Å². The molecule has 0 radical (unpaired) electrons. The second-order valence-electron chi connectivity index (χ2n) is 8.23. The van der Waals surface area contributed by atoms with Crippen LogP contribution in [0.25, 0.3) is 0 Å². The highest BCUT2D eigenvalue weighted by molar-refractivity contribution is 5.80. The summed E-state index contributed by atoms with van der Waals surface area (Å²) in [7, 11) is 0. The monoisotopic (exact) mass is 430 g/mol. The van der Waals surface area contributed by atoms with Gasteiger partial charge in [-0.3, -0.25) is 9.69 Å². The van der Waals surface area contributed by atoms with Gasteiger partial charge in [-0.1, -0.05) is 13.0 Å². The molecule has 1 aromatic rings. The van der Waals surface area contributed by atoms with E-state index in [1.807, 2.05) is 23.2 Å². The third-order valence-corrected chi connectivity index (χ3v) is 5.74. The van der Waals surface area contributed by atoms with Crippen LogP contribution in [0, 0.1) is 0 Å². The number of piperidine rings is 1. The summed E-state index contributed by atoms with van der Waals surface area (Å²) in [6, 6.07) is 3.93. The van der Waals surface area contributed by atoms with E-state index in [4.69, 9.17) is 9.73 Å². The molecule has 8 nitrogen and oxygen atoms in total. The lowest BCUT2D eigenvalue weighted by molar-refractivity contribution is -0.133. The highest BCUT2D eigenvalue weighted by atomic mass is 16.5. The molecule has 3 heterocycles. The topological polar surface area (TPSA) is 73.3 Å². The van der Waals surface area contributed by atoms with E-state index in [0.29, 0.717) is 25.6 Å². The Kier molecular flexibility index (Phi) is 9.39. The minimum Gasteiger partial charge on any atom is -0.478 e. The second-order valence-corrected chi connectivity index (χ2v) is 8.23. The van der Waals surface area contributed by atoms with E-state index in [1.54, 1.807) is 0 Å². The number of guanidine groups is 1. The van der Waals surface area contributed by atoms with E-state index in [2.05, 4.69) is 33.9 Å². The first kappa shape index (κ1) is 23.3. The Morgan fingerprint density at radius 1 is 1.06 bits per heavy atom. The molecule has 31 heavy (non-hydrogen) atoms. The Morgan fingerprint density at radius 3 is 2.48 bits per heavy atom. The Hall–Kier alpha value is -2.35. The molecule has 0 unspecified atom stereocenters. The second kappa shape index (κ2) is 12.5. The number of carbonyl (C=O) groups is 1. The number of hydrogen-bond acceptors (Lipinski definition) is 5. The number of aliphatic imine (C=N–C) groups is 1. The van der Waals surface area contributed by atoms with Gasteiger partial charge in [-0.15, -0.1) is 0 Å². The summed E-state index contributed by atoms with van der Waals surface area (Å²) in [6.45, 7) is 12.2. The normalized spacial score (nSPS) is 18.2. The minimum atomic E-state index is 0.285. The first-order valence-electron chi connectivity index (χ1n) is 11.8. The Bertz CT molecular complexity index is 695. The summed E-state index contributed by atoms with van der Waals surface area (Å²) in [6.07, 6.45) is 6.35. The number of aromatic nitrogens is 1. The van der Waals surface area contributed by atoms with Crippen molar-refractivity contribution in [1.82, 2.24) is 25.0 Å². The van der Waals surface area contributed by atoms with Crippen molar-refractivity contribution in [3.63, 3.8) is 0 Å². The highest BCUT2D eigenvalue weighted by Crippen LogP contribution is 2.11. The largest absolute Gasteiger partial charge is 0.478 e. The van der Waals surface area contributed by atoms with Gasteiger partial charge in [-0.2, -0.15) is 0 Å². The Balaban J connectivity index is 1.48. The molecule has 0 atom stereocenters. The zero-order chi connectivity index (χ0) is 21.9. The molecule has 0 bridgehead atoms. The van der Waals surface area contributed by atoms with E-state index < -0.39 is 0 Å². The lowest BCUT2D eigenvalue weighted by Gasteiger charge is -2.37. The van der Waals surface area contributed by atoms with Crippen molar-refractivity contribution >= 4 is 11.9 Å². The van der Waals surface area contributed by atoms with Crippen molar-refractivity contribution in [2.75, 3.05) is 59.0 Å². The van der Waals surface area contributed by atoms with E-state index in [-0.39, 0.29) is 5.91 Å². The van der Waals surface area contributed by atoms with E-state index in [1.165, 1.54) is 6.42 Å². The average Bonchev–Trinajstić information content (AvgIpc) is 2.82. The maximum Gasteiger partial charge on any atom is 0.236 e. The van der Waals surface area contributed by atoms with Crippen LogP contribution in [-0.4, -0.2) is 90.5 Å². The first-order valence-corrected chi connectivity index (χ1v) is 11.8. The molecule has 1 N–H and O–H groups in total. The highest BCUT2D eigenvalue weighted by Gasteiger charge is 2.24. The molecular formula is C23H38N6O2. The van der Waals surface area contributed by atoms with Crippen LogP contribution in [0.2, 0.25) is 0 Å². The SMILES string of the molecule is CCCOc1ccc(CN=C(NCC)N2CCN(CC(=O)N3CCCCC3)CC2)cn1. The van der Waals surface area contributed by atoms with E-state index in [9.17, 15) is 4.79 Å². The average molecular weight is 431 g/mol. The first-order chi connectivity index (χ1) is 15.2. The molecule has 0 aliphatic carbocycles. The molecule has 2 aliphatic heterocycles. The molecule has 1 aromatic heterocycles. The predicted molar refractivity (Wildman–Crippen MR) is 123 cm³/mol. The fourth-order valence-electron chi connectivity index (χ4n) is 3.94. The Labute approximate surface area is 186 Å². The summed E-state index contributed by atoms with van der Waals surface area (Å²) < 4.78 is 5.55. The summed E-state index contributed by atoms with van der Waals surface area (Å²) in [5.41, 5.74) is 1.06. The summed E-state index contributed by atoms with van der Waals surface area (Å²) in [4.78, 5) is 28.3. The standard InChI is InChI=1S/C23H38N6O2/c1-3-16-31-21-9-8-20(17-25-21)18-26-23(24-4-2)29-14-12-27(13-15-29)19-22(30)28-10-6-5-7-11-28/h8-9,17H,3-7,10-16,18-19H2,1-2H3,(H,24,26). The van der Waals surface area contributed by atoms with Gasteiger partial charge in [0.25, 0.3) is 0 Å². The molecule has 8 heteroatoms. The summed E-state index contributed by atoms with van der Waals surface area (Å²) in [5, 5.41) is 3.41. The van der Waals surface area contributed by atoms with Gasteiger partial charge in [0.05, 0.1) is 19.7 Å². The lowest BCUT2D eigenvalue weighted by atomic mass is 10.1. The van der Waals surface area contributed by atoms with Gasteiger partial charge in [-0.05, 0) is 38.2 Å². The zero-order valence-corrected chi connectivity index (χ0v) is 19.2. The van der Waals surface area contributed by atoms with Crippen LogP contribution in [0.4, 0.5) is 0 Å². The van der Waals surface area contributed by atoms with Crippen LogP contribution < -0.4 is 10.1 Å². The number of pyridine rings is 1. The quantitative estimate of drug-likeness (QED) is 0.502. The molecule has 3 rings (SSSR count). The summed E-state index contributed by atoms with van der Waals surface area (Å²) >= 11 is 0. The van der Waals surface area contributed by atoms with Gasteiger partial charge < -0.3 is 19.9 Å². The predicted octanol–water partition coefficient (Wildman–Crippen LogP) is 1.97. The van der Waals surface area contributed by atoms with Crippen molar-refractivity contribution in [1.29, 1.82) is 0 Å². The van der Waals surface area contributed by atoms with Gasteiger partial charge in [0.15, 0.2) is 5.96 Å². The van der Waals surface area contributed by atoms with Crippen LogP contribution in [0.1, 0.15) is 45.1 Å². The number of nitrogens with one attached hydrogen (secondary N) is 1. The van der Waals surface area contributed by atoms with Gasteiger partial charge in [0.1, 0.15) is 0 Å². The van der Waals surface area contributed by atoms with E-state index >= 15 is 0 Å². The third kappa shape index (κ3) is 7.38. The lowest BCUT2D eigenvalue weighted by Crippen LogP contribution is -2.54. The summed E-state index contributed by atoms with van der Waals surface area (Å²) in [5.74, 6) is 1.88. The van der Waals surface area contributed by atoms with Crippen molar-refractivity contribution in [3.05, 3.63) is 23.9 Å². The number of amides is 1. The van der Waals surface area contributed by atoms with Crippen LogP contribution in [0.15, 0.2) is 23.3 Å². The molecule has 0 saturated carbocycles. The number of ether oxygens (including phenoxy) is 1. The maximum atomic E-state index is 12.5. The van der Waals surface area contributed by atoms with Gasteiger partial charge in [0, 0.05) is 58.1 Å². The number of piperazine rings is 1. The minimum absolute atomic E-state index is 0.285. The van der Waals surface area contributed by atoms with E-state index in [0.717, 1.165) is 76.6 Å². The fraction of sp³-hybridized carbons (Fsp3) is 0.696. The molecule has 0 spiro atoms. The van der Waals surface area contributed by atoms with Crippen molar-refractivity contribution < 1.29 is 9.53 Å². The van der Waals surface area contributed by atoms with Gasteiger partial charge in [0.2, 0.25) is 11.8 Å². The zero-order valence-electron chi connectivity index (χ0n) is 19.2. The fourth-order valence-corrected chi connectivity index (χ4v) is 3.94. The van der Waals surface area contributed by atoms with Crippen LogP contribution in [0.3, 0.4) is 0 Å². The third-order valence-electron chi connectivity index (χ3n) is 5.74.